The zero-order chi connectivity index (χ0) is 24.2. The first-order valence-electron chi connectivity index (χ1n) is 12.1. The van der Waals surface area contributed by atoms with Crippen LogP contribution in [0, 0.1) is 5.92 Å². The van der Waals surface area contributed by atoms with Crippen LogP contribution in [0.25, 0.3) is 33.3 Å². The number of amides is 1. The van der Waals surface area contributed by atoms with Crippen molar-refractivity contribution < 1.29 is 14.3 Å². The van der Waals surface area contributed by atoms with Crippen LogP contribution in [-0.2, 0) is 9.53 Å². The van der Waals surface area contributed by atoms with E-state index in [4.69, 9.17) is 9.72 Å². The monoisotopic (exact) mass is 464 g/mol. The van der Waals surface area contributed by atoms with Gasteiger partial charge in [-0.05, 0) is 42.0 Å². The van der Waals surface area contributed by atoms with Gasteiger partial charge in [0.1, 0.15) is 0 Å². The summed E-state index contributed by atoms with van der Waals surface area (Å²) >= 11 is 0. The van der Waals surface area contributed by atoms with E-state index in [9.17, 15) is 9.59 Å². The topological polar surface area (TPSA) is 59.5 Å². The Bertz CT molecular complexity index is 1340. The Labute approximate surface area is 205 Å². The van der Waals surface area contributed by atoms with Crippen molar-refractivity contribution in [2.24, 2.45) is 5.92 Å². The molecule has 1 aliphatic heterocycles. The van der Waals surface area contributed by atoms with E-state index in [1.807, 2.05) is 54.6 Å². The van der Waals surface area contributed by atoms with Crippen molar-refractivity contribution in [3.05, 3.63) is 90.5 Å². The molecule has 5 nitrogen and oxygen atoms in total. The Balaban J connectivity index is 1.38. The highest BCUT2D eigenvalue weighted by atomic mass is 16.5. The van der Waals surface area contributed by atoms with Crippen LogP contribution in [0.4, 0.5) is 0 Å². The molecule has 0 aliphatic carbocycles. The zero-order valence-corrected chi connectivity index (χ0v) is 19.8. The number of esters is 1. The molecular weight excluding hydrogens is 436 g/mol. The van der Waals surface area contributed by atoms with E-state index in [0.29, 0.717) is 28.1 Å². The average Bonchev–Trinajstić information content (AvgIpc) is 2.92. The molecule has 0 bridgehead atoms. The summed E-state index contributed by atoms with van der Waals surface area (Å²) in [4.78, 5) is 32.3. The lowest BCUT2D eigenvalue weighted by molar-refractivity contribution is -0.135. The Morgan fingerprint density at radius 3 is 2.23 bits per heavy atom. The molecular formula is C30H28N2O3. The minimum Gasteiger partial charge on any atom is -0.452 e. The van der Waals surface area contributed by atoms with Crippen LogP contribution < -0.4 is 0 Å². The number of pyridine rings is 1. The molecule has 0 spiro atoms. The van der Waals surface area contributed by atoms with Gasteiger partial charge >= 0.3 is 5.97 Å². The van der Waals surface area contributed by atoms with Gasteiger partial charge in [0.2, 0.25) is 0 Å². The third-order valence-electron chi connectivity index (χ3n) is 6.69. The first-order valence-corrected chi connectivity index (χ1v) is 12.1. The van der Waals surface area contributed by atoms with E-state index < -0.39 is 5.97 Å². The summed E-state index contributed by atoms with van der Waals surface area (Å²) in [6.07, 6.45) is 1.97. The highest BCUT2D eigenvalue weighted by molar-refractivity contribution is 6.05. The van der Waals surface area contributed by atoms with E-state index in [0.717, 1.165) is 42.6 Å². The first-order chi connectivity index (χ1) is 17.1. The number of para-hydroxylation sites is 1. The molecule has 0 atom stereocenters. The normalized spacial score (nSPS) is 14.1. The lowest BCUT2D eigenvalue weighted by Gasteiger charge is -2.30. The fourth-order valence-corrected chi connectivity index (χ4v) is 4.51. The van der Waals surface area contributed by atoms with E-state index in [2.05, 4.69) is 31.2 Å². The van der Waals surface area contributed by atoms with Crippen molar-refractivity contribution in [2.75, 3.05) is 19.7 Å². The molecule has 1 aromatic heterocycles. The minimum atomic E-state index is -0.510. The predicted molar refractivity (Wildman–Crippen MR) is 138 cm³/mol. The second-order valence-electron chi connectivity index (χ2n) is 9.16. The quantitative estimate of drug-likeness (QED) is 0.341. The molecule has 0 saturated carbocycles. The van der Waals surface area contributed by atoms with Crippen LogP contribution in [0.3, 0.4) is 0 Å². The number of ether oxygens (including phenoxy) is 1. The lowest BCUT2D eigenvalue weighted by Crippen LogP contribution is -2.40. The van der Waals surface area contributed by atoms with Crippen LogP contribution in [0.2, 0.25) is 0 Å². The van der Waals surface area contributed by atoms with Gasteiger partial charge < -0.3 is 9.64 Å². The Morgan fingerprint density at radius 2 is 1.49 bits per heavy atom. The van der Waals surface area contributed by atoms with Crippen LogP contribution in [0.15, 0.2) is 84.9 Å². The SMILES string of the molecule is CC1CCN(C(=O)COC(=O)c2cc(-c3ccc(-c4ccccc4)cc3)nc3ccccc23)CC1. The molecule has 1 saturated heterocycles. The highest BCUT2D eigenvalue weighted by Gasteiger charge is 2.22. The van der Waals surface area contributed by atoms with Crippen molar-refractivity contribution in [2.45, 2.75) is 19.8 Å². The van der Waals surface area contributed by atoms with Crippen molar-refractivity contribution in [3.8, 4) is 22.4 Å². The number of hydrogen-bond donors (Lipinski definition) is 0. The molecule has 5 rings (SSSR count). The number of piperidine rings is 1. The number of carbonyl (C=O) groups is 2. The molecule has 0 N–H and O–H groups in total. The molecule has 1 fully saturated rings. The van der Waals surface area contributed by atoms with Crippen molar-refractivity contribution >= 4 is 22.8 Å². The fraction of sp³-hybridized carbons (Fsp3) is 0.233. The van der Waals surface area contributed by atoms with Gasteiger partial charge in [0.05, 0.1) is 16.8 Å². The van der Waals surface area contributed by atoms with Crippen LogP contribution in [-0.4, -0.2) is 41.5 Å². The van der Waals surface area contributed by atoms with E-state index in [-0.39, 0.29) is 12.5 Å². The molecule has 0 unspecified atom stereocenters. The summed E-state index contributed by atoms with van der Waals surface area (Å²) in [6, 6.07) is 27.6. The number of aromatic nitrogens is 1. The predicted octanol–water partition coefficient (Wildman–Crippen LogP) is 5.98. The molecule has 5 heteroatoms. The van der Waals surface area contributed by atoms with Crippen LogP contribution >= 0.6 is 0 Å². The molecule has 2 heterocycles. The first kappa shape index (κ1) is 22.8. The average molecular weight is 465 g/mol. The van der Waals surface area contributed by atoms with E-state index in [1.165, 1.54) is 0 Å². The summed E-state index contributed by atoms with van der Waals surface area (Å²) in [5.41, 5.74) is 4.97. The number of carbonyl (C=O) groups excluding carboxylic acids is 2. The molecule has 3 aromatic carbocycles. The van der Waals surface area contributed by atoms with E-state index >= 15 is 0 Å². The zero-order valence-electron chi connectivity index (χ0n) is 19.8. The maximum absolute atomic E-state index is 13.1. The molecule has 4 aromatic rings. The summed E-state index contributed by atoms with van der Waals surface area (Å²) < 4.78 is 5.49. The van der Waals surface area contributed by atoms with Crippen molar-refractivity contribution in [3.63, 3.8) is 0 Å². The number of hydrogen-bond acceptors (Lipinski definition) is 4. The minimum absolute atomic E-state index is 0.139. The van der Waals surface area contributed by atoms with Crippen molar-refractivity contribution in [1.29, 1.82) is 0 Å². The Morgan fingerprint density at radius 1 is 0.857 bits per heavy atom. The molecule has 35 heavy (non-hydrogen) atoms. The van der Waals surface area contributed by atoms with E-state index in [1.54, 1.807) is 11.0 Å². The van der Waals surface area contributed by atoms with Crippen molar-refractivity contribution in [1.82, 2.24) is 9.88 Å². The molecule has 1 aliphatic rings. The van der Waals surface area contributed by atoms with Gasteiger partial charge in [-0.3, -0.25) is 4.79 Å². The third kappa shape index (κ3) is 5.09. The maximum Gasteiger partial charge on any atom is 0.339 e. The maximum atomic E-state index is 13.1. The number of nitrogens with zero attached hydrogens (tertiary/aromatic N) is 2. The van der Waals surface area contributed by atoms with Gasteiger partial charge in [0.25, 0.3) is 5.91 Å². The lowest BCUT2D eigenvalue weighted by atomic mass is 9.99. The molecule has 176 valence electrons. The molecule has 0 radical (unpaired) electrons. The highest BCUT2D eigenvalue weighted by Crippen LogP contribution is 2.28. The van der Waals surface area contributed by atoms with Gasteiger partial charge in [0.15, 0.2) is 6.61 Å². The Hall–Kier alpha value is -3.99. The second-order valence-corrected chi connectivity index (χ2v) is 9.16. The molecule has 1 amide bonds. The largest absolute Gasteiger partial charge is 0.452 e. The smallest absolute Gasteiger partial charge is 0.339 e. The number of likely N-dealkylation sites (tertiary alicyclic amines) is 1. The second kappa shape index (κ2) is 10.1. The number of benzene rings is 3. The summed E-state index contributed by atoms with van der Waals surface area (Å²) in [5, 5.41) is 0.710. The standard InChI is InChI=1S/C30H28N2O3/c1-21-15-17-32(18-16-21)29(33)20-35-30(34)26-19-28(31-27-10-6-5-9-25(26)27)24-13-11-23(12-14-24)22-7-3-2-4-8-22/h2-14,19,21H,15-18,20H2,1H3. The van der Waals surface area contributed by atoms with Gasteiger partial charge in [-0.1, -0.05) is 79.7 Å². The van der Waals surface area contributed by atoms with Gasteiger partial charge in [0, 0.05) is 24.0 Å². The number of fused-ring (bicyclic) bond motifs is 1. The fourth-order valence-electron chi connectivity index (χ4n) is 4.51. The van der Waals surface area contributed by atoms with Crippen LogP contribution in [0.5, 0.6) is 0 Å². The Kier molecular flexibility index (Phi) is 6.57. The van der Waals surface area contributed by atoms with Gasteiger partial charge in [-0.25, -0.2) is 9.78 Å². The summed E-state index contributed by atoms with van der Waals surface area (Å²) in [6.45, 7) is 3.39. The van der Waals surface area contributed by atoms with Crippen LogP contribution in [0.1, 0.15) is 30.1 Å². The van der Waals surface area contributed by atoms with Gasteiger partial charge in [-0.2, -0.15) is 0 Å². The summed E-state index contributed by atoms with van der Waals surface area (Å²) in [7, 11) is 0. The third-order valence-corrected chi connectivity index (χ3v) is 6.69. The van der Waals surface area contributed by atoms with Gasteiger partial charge in [-0.15, -0.1) is 0 Å². The summed E-state index contributed by atoms with van der Waals surface area (Å²) in [5.74, 6) is -0.0187. The number of rotatable bonds is 5.